The minimum absolute atomic E-state index is 0.303. The predicted octanol–water partition coefficient (Wildman–Crippen LogP) is -0.180. The van der Waals surface area contributed by atoms with Crippen LogP contribution >= 0.6 is 0 Å². The fraction of sp³-hybridized carbons (Fsp3) is 0.556. The zero-order valence-corrected chi connectivity index (χ0v) is 8.65. The lowest BCUT2D eigenvalue weighted by atomic mass is 10.5. The lowest BCUT2D eigenvalue weighted by Crippen LogP contribution is -2.19. The highest BCUT2D eigenvalue weighted by atomic mass is 16.5. The van der Waals surface area contributed by atoms with Gasteiger partial charge in [0.05, 0.1) is 7.11 Å². The zero-order chi connectivity index (χ0) is 11.0. The number of nitrogens with zero attached hydrogens (tertiary/aromatic N) is 1. The van der Waals surface area contributed by atoms with Crippen LogP contribution in [-0.2, 0) is 19.1 Å². The molecular weight excluding hydrogens is 186 g/mol. The van der Waals surface area contributed by atoms with Gasteiger partial charge in [0.2, 0.25) is 0 Å². The van der Waals surface area contributed by atoms with Crippen LogP contribution in [0.1, 0.15) is 0 Å². The molecule has 5 heteroatoms. The van der Waals surface area contributed by atoms with Gasteiger partial charge in [-0.15, -0.1) is 0 Å². The summed E-state index contributed by atoms with van der Waals surface area (Å²) in [6.07, 6.45) is 2.07. The van der Waals surface area contributed by atoms with Crippen molar-refractivity contribution < 1.29 is 19.1 Å². The fourth-order valence-corrected chi connectivity index (χ4v) is 0.581. The minimum Gasteiger partial charge on any atom is -0.466 e. The Morgan fingerprint density at radius 2 is 1.79 bits per heavy atom. The molecule has 0 bridgehead atoms. The molecular formula is C9H15NO4. The Labute approximate surface area is 83.3 Å². The Hall–Kier alpha value is -1.36. The summed E-state index contributed by atoms with van der Waals surface area (Å²) < 4.78 is 9.07. The maximum atomic E-state index is 10.9. The third-order valence-corrected chi connectivity index (χ3v) is 1.34. The third kappa shape index (κ3) is 7.30. The molecule has 5 nitrogen and oxygen atoms in total. The molecule has 0 N–H and O–H groups in total. The van der Waals surface area contributed by atoms with Gasteiger partial charge in [-0.1, -0.05) is 0 Å². The van der Waals surface area contributed by atoms with Crippen LogP contribution in [0.15, 0.2) is 12.2 Å². The second-order valence-corrected chi connectivity index (χ2v) is 2.83. The maximum absolute atomic E-state index is 10.9. The van der Waals surface area contributed by atoms with Crippen molar-refractivity contribution in [2.24, 2.45) is 0 Å². The summed E-state index contributed by atoms with van der Waals surface area (Å²) in [6.45, 7) is 0.954. The van der Waals surface area contributed by atoms with E-state index in [1.807, 2.05) is 19.0 Å². The standard InChI is InChI=1S/C9H15NO4/c1-10(2)6-7-14-9(12)5-4-8(11)13-3/h4-5H,6-7H2,1-3H3/b5-4-. The number of likely N-dealkylation sites (N-methyl/N-ethyl adjacent to an activating group) is 1. The largest absolute Gasteiger partial charge is 0.466 e. The van der Waals surface area contributed by atoms with E-state index < -0.39 is 11.9 Å². The first-order chi connectivity index (χ1) is 6.56. The van der Waals surface area contributed by atoms with Gasteiger partial charge in [-0.05, 0) is 14.1 Å². The summed E-state index contributed by atoms with van der Waals surface area (Å²) in [7, 11) is 4.99. The second kappa shape index (κ2) is 7.08. The first-order valence-electron chi connectivity index (χ1n) is 4.13. The van der Waals surface area contributed by atoms with E-state index in [9.17, 15) is 9.59 Å². The molecule has 0 aromatic carbocycles. The third-order valence-electron chi connectivity index (χ3n) is 1.34. The van der Waals surface area contributed by atoms with Crippen LogP contribution in [-0.4, -0.2) is 51.2 Å². The highest BCUT2D eigenvalue weighted by Crippen LogP contribution is 1.85. The van der Waals surface area contributed by atoms with Crippen LogP contribution in [0.25, 0.3) is 0 Å². The van der Waals surface area contributed by atoms with Crippen molar-refractivity contribution in [1.82, 2.24) is 4.90 Å². The van der Waals surface area contributed by atoms with Crippen LogP contribution in [0.2, 0.25) is 0 Å². The second-order valence-electron chi connectivity index (χ2n) is 2.83. The van der Waals surface area contributed by atoms with Gasteiger partial charge in [0.1, 0.15) is 6.61 Å². The molecule has 0 aromatic heterocycles. The van der Waals surface area contributed by atoms with Crippen molar-refractivity contribution in [3.8, 4) is 0 Å². The molecule has 0 unspecified atom stereocenters. The van der Waals surface area contributed by atoms with Crippen molar-refractivity contribution in [3.63, 3.8) is 0 Å². The average molecular weight is 201 g/mol. The minimum atomic E-state index is -0.574. The van der Waals surface area contributed by atoms with Crippen molar-refractivity contribution >= 4 is 11.9 Å². The number of ether oxygens (including phenoxy) is 2. The van der Waals surface area contributed by atoms with E-state index in [0.717, 1.165) is 12.2 Å². The van der Waals surface area contributed by atoms with Crippen LogP contribution in [0, 0.1) is 0 Å². The molecule has 0 spiro atoms. The van der Waals surface area contributed by atoms with E-state index in [1.165, 1.54) is 7.11 Å². The average Bonchev–Trinajstić information content (AvgIpc) is 2.13. The SMILES string of the molecule is COC(=O)/C=C\C(=O)OCCN(C)C. The van der Waals surface area contributed by atoms with E-state index in [2.05, 4.69) is 4.74 Å². The van der Waals surface area contributed by atoms with Gasteiger partial charge in [0, 0.05) is 18.7 Å². The molecule has 14 heavy (non-hydrogen) atoms. The fourth-order valence-electron chi connectivity index (χ4n) is 0.581. The smallest absolute Gasteiger partial charge is 0.331 e. The number of carbonyl (C=O) groups is 2. The van der Waals surface area contributed by atoms with E-state index in [4.69, 9.17) is 4.74 Å². The Bertz CT molecular complexity index is 223. The molecule has 0 rings (SSSR count). The summed E-state index contributed by atoms with van der Waals surface area (Å²) in [5.74, 6) is -1.12. The lowest BCUT2D eigenvalue weighted by molar-refractivity contribution is -0.139. The molecule has 0 fully saturated rings. The van der Waals surface area contributed by atoms with Gasteiger partial charge in [0.15, 0.2) is 0 Å². The number of esters is 2. The number of hydrogen-bond donors (Lipinski definition) is 0. The molecule has 0 saturated carbocycles. The van der Waals surface area contributed by atoms with Gasteiger partial charge in [-0.2, -0.15) is 0 Å². The van der Waals surface area contributed by atoms with Gasteiger partial charge in [-0.3, -0.25) is 0 Å². The number of rotatable bonds is 5. The van der Waals surface area contributed by atoms with Gasteiger partial charge in [-0.25, -0.2) is 9.59 Å². The topological polar surface area (TPSA) is 55.8 Å². The van der Waals surface area contributed by atoms with Gasteiger partial charge >= 0.3 is 11.9 Å². The summed E-state index contributed by atoms with van der Waals surface area (Å²) in [5.41, 5.74) is 0. The van der Waals surface area contributed by atoms with Crippen LogP contribution < -0.4 is 0 Å². The Morgan fingerprint density at radius 3 is 2.29 bits per heavy atom. The van der Waals surface area contributed by atoms with Gasteiger partial charge in [0.25, 0.3) is 0 Å². The highest BCUT2D eigenvalue weighted by Gasteiger charge is 1.99. The van der Waals surface area contributed by atoms with Crippen molar-refractivity contribution in [2.45, 2.75) is 0 Å². The summed E-state index contributed by atoms with van der Waals surface area (Å²) in [6, 6.07) is 0. The molecule has 0 saturated heterocycles. The van der Waals surface area contributed by atoms with Crippen molar-refractivity contribution in [1.29, 1.82) is 0 Å². The molecule has 0 heterocycles. The molecule has 0 aliphatic rings. The first-order valence-corrected chi connectivity index (χ1v) is 4.13. The molecule has 0 aromatic rings. The highest BCUT2D eigenvalue weighted by molar-refractivity contribution is 5.91. The normalized spacial score (nSPS) is 10.6. The molecule has 80 valence electrons. The number of methoxy groups -OCH3 is 1. The monoisotopic (exact) mass is 201 g/mol. The summed E-state index contributed by atoms with van der Waals surface area (Å²) in [5, 5.41) is 0. The van der Waals surface area contributed by atoms with Gasteiger partial charge < -0.3 is 14.4 Å². The van der Waals surface area contributed by atoms with E-state index in [1.54, 1.807) is 0 Å². The Kier molecular flexibility index (Phi) is 6.39. The molecule has 0 atom stereocenters. The zero-order valence-electron chi connectivity index (χ0n) is 8.65. The van der Waals surface area contributed by atoms with E-state index in [-0.39, 0.29) is 0 Å². The summed E-state index contributed by atoms with van der Waals surface area (Å²) in [4.78, 5) is 23.4. The van der Waals surface area contributed by atoms with Crippen LogP contribution in [0.5, 0.6) is 0 Å². The van der Waals surface area contributed by atoms with E-state index >= 15 is 0 Å². The summed E-state index contributed by atoms with van der Waals surface area (Å²) >= 11 is 0. The predicted molar refractivity (Wildman–Crippen MR) is 50.7 cm³/mol. The van der Waals surface area contributed by atoms with Crippen molar-refractivity contribution in [2.75, 3.05) is 34.4 Å². The Balaban J connectivity index is 3.65. The molecule has 0 amide bonds. The first kappa shape index (κ1) is 12.6. The molecule has 0 radical (unpaired) electrons. The van der Waals surface area contributed by atoms with Crippen LogP contribution in [0.4, 0.5) is 0 Å². The quantitative estimate of drug-likeness (QED) is 0.456. The van der Waals surface area contributed by atoms with Crippen LogP contribution in [0.3, 0.4) is 0 Å². The van der Waals surface area contributed by atoms with Crippen molar-refractivity contribution in [3.05, 3.63) is 12.2 Å². The maximum Gasteiger partial charge on any atom is 0.331 e. The molecule has 0 aliphatic carbocycles. The lowest BCUT2D eigenvalue weighted by Gasteiger charge is -2.08. The molecule has 0 aliphatic heterocycles. The van der Waals surface area contributed by atoms with E-state index in [0.29, 0.717) is 13.2 Å². The Morgan fingerprint density at radius 1 is 1.21 bits per heavy atom. The number of carbonyl (C=O) groups excluding carboxylic acids is 2. The number of hydrogen-bond acceptors (Lipinski definition) is 5.